The van der Waals surface area contributed by atoms with Gasteiger partial charge in [-0.2, -0.15) is 0 Å². The Morgan fingerprint density at radius 1 is 1.07 bits per heavy atom. The van der Waals surface area contributed by atoms with Crippen LogP contribution in [0.15, 0.2) is 59.9 Å². The Labute approximate surface area is 168 Å². The van der Waals surface area contributed by atoms with Gasteiger partial charge in [0.05, 0.1) is 18.0 Å². The molecule has 0 aliphatic heterocycles. The molecular formula is C21H22N4O2S. The lowest BCUT2D eigenvalue weighted by Crippen LogP contribution is -2.11. The number of carbonyl (C=O) groups is 1. The third kappa shape index (κ3) is 4.80. The molecule has 6 nitrogen and oxygen atoms in total. The molecule has 144 valence electrons. The van der Waals surface area contributed by atoms with Crippen molar-refractivity contribution in [3.05, 3.63) is 65.9 Å². The van der Waals surface area contributed by atoms with Gasteiger partial charge in [-0.05, 0) is 44.4 Å². The number of aromatic nitrogens is 2. The molecule has 3 aromatic rings. The Kier molecular flexibility index (Phi) is 6.49. The van der Waals surface area contributed by atoms with Gasteiger partial charge in [0, 0.05) is 11.9 Å². The number of aryl methyl sites for hydroxylation is 1. The van der Waals surface area contributed by atoms with Gasteiger partial charge in [-0.3, -0.25) is 0 Å². The van der Waals surface area contributed by atoms with Crippen LogP contribution < -0.4 is 10.6 Å². The molecule has 0 fully saturated rings. The van der Waals surface area contributed by atoms with Gasteiger partial charge in [0.2, 0.25) is 0 Å². The maximum absolute atomic E-state index is 12.3. The molecule has 28 heavy (non-hydrogen) atoms. The minimum atomic E-state index is -0.457. The van der Waals surface area contributed by atoms with Crippen LogP contribution in [0.3, 0.4) is 0 Å². The number of benzene rings is 2. The molecule has 7 heteroatoms. The highest BCUT2D eigenvalue weighted by Crippen LogP contribution is 2.29. The van der Waals surface area contributed by atoms with Gasteiger partial charge in [-0.15, -0.1) is 0 Å². The normalized spacial score (nSPS) is 10.4. The minimum Gasteiger partial charge on any atom is -0.462 e. The summed E-state index contributed by atoms with van der Waals surface area (Å²) in [6.07, 6.45) is 3.38. The van der Waals surface area contributed by atoms with Crippen LogP contribution in [0.5, 0.6) is 0 Å². The summed E-state index contributed by atoms with van der Waals surface area (Å²) >= 11 is 1.41. The second-order valence-electron chi connectivity index (χ2n) is 6.00. The Morgan fingerprint density at radius 2 is 1.75 bits per heavy atom. The summed E-state index contributed by atoms with van der Waals surface area (Å²) in [4.78, 5) is 21.0. The number of carbonyl (C=O) groups excluding carboxylic acids is 1. The Bertz CT molecular complexity index is 961. The summed E-state index contributed by atoms with van der Waals surface area (Å²) in [5.41, 5.74) is 4.12. The van der Waals surface area contributed by atoms with E-state index in [-0.39, 0.29) is 6.61 Å². The average molecular weight is 395 g/mol. The van der Waals surface area contributed by atoms with Crippen LogP contribution in [0, 0.1) is 6.92 Å². The van der Waals surface area contributed by atoms with Crippen molar-refractivity contribution in [3.63, 3.8) is 0 Å². The van der Waals surface area contributed by atoms with Crippen molar-refractivity contribution in [1.82, 2.24) is 9.97 Å². The van der Waals surface area contributed by atoms with Crippen molar-refractivity contribution in [2.75, 3.05) is 23.5 Å². The predicted octanol–water partition coefficient (Wildman–Crippen LogP) is 5.17. The van der Waals surface area contributed by atoms with Gasteiger partial charge in [0.1, 0.15) is 11.4 Å². The molecule has 0 saturated carbocycles. The minimum absolute atomic E-state index is 0.286. The number of para-hydroxylation sites is 2. The average Bonchev–Trinajstić information content (AvgIpc) is 2.71. The van der Waals surface area contributed by atoms with E-state index >= 15 is 0 Å². The van der Waals surface area contributed by atoms with E-state index < -0.39 is 5.97 Å². The van der Waals surface area contributed by atoms with Gasteiger partial charge < -0.3 is 15.4 Å². The molecule has 0 unspecified atom stereocenters. The molecule has 0 spiro atoms. The summed E-state index contributed by atoms with van der Waals surface area (Å²) in [6.45, 7) is 4.10. The lowest BCUT2D eigenvalue weighted by atomic mass is 10.2. The zero-order chi connectivity index (χ0) is 19.9. The molecule has 0 atom stereocenters. The zero-order valence-electron chi connectivity index (χ0n) is 16.0. The molecule has 0 radical (unpaired) electrons. The van der Waals surface area contributed by atoms with Crippen LogP contribution in [0.2, 0.25) is 0 Å². The second-order valence-corrected chi connectivity index (χ2v) is 6.77. The number of hydrogen-bond acceptors (Lipinski definition) is 7. The number of hydrogen-bond donors (Lipinski definition) is 2. The van der Waals surface area contributed by atoms with Crippen molar-refractivity contribution < 1.29 is 9.53 Å². The molecule has 1 aromatic heterocycles. The third-order valence-electron chi connectivity index (χ3n) is 3.96. The highest BCUT2D eigenvalue weighted by molar-refractivity contribution is 7.98. The fourth-order valence-corrected chi connectivity index (χ4v) is 2.88. The summed E-state index contributed by atoms with van der Waals surface area (Å²) in [5, 5.41) is 7.22. The fourth-order valence-electron chi connectivity index (χ4n) is 2.54. The number of nitrogens with one attached hydrogen (secondary N) is 2. The molecule has 2 aromatic carbocycles. The quantitative estimate of drug-likeness (QED) is 0.325. The number of thioether (sulfide) groups is 1. The number of esters is 1. The third-order valence-corrected chi connectivity index (χ3v) is 4.52. The van der Waals surface area contributed by atoms with E-state index in [1.165, 1.54) is 23.5 Å². The molecule has 0 bridgehead atoms. The first-order chi connectivity index (χ1) is 13.6. The van der Waals surface area contributed by atoms with Crippen LogP contribution in [0.4, 0.5) is 22.9 Å². The molecule has 2 N–H and O–H groups in total. The van der Waals surface area contributed by atoms with E-state index in [2.05, 4.69) is 27.5 Å². The van der Waals surface area contributed by atoms with Crippen molar-refractivity contribution in [2.24, 2.45) is 0 Å². The van der Waals surface area contributed by atoms with Crippen molar-refractivity contribution in [3.8, 4) is 0 Å². The highest BCUT2D eigenvalue weighted by Gasteiger charge is 2.17. The molecule has 3 rings (SSSR count). The summed E-state index contributed by atoms with van der Waals surface area (Å²) in [6, 6.07) is 15.9. The summed E-state index contributed by atoms with van der Waals surface area (Å²) < 4.78 is 5.14. The number of anilines is 4. The smallest absolute Gasteiger partial charge is 0.343 e. The Balaban J connectivity index is 1.93. The van der Waals surface area contributed by atoms with Crippen LogP contribution in [-0.2, 0) is 4.74 Å². The standard InChI is InChI=1S/C21H22N4O2S/c1-4-27-20(26)16-13-22-21(28-3)25-19(16)24-18-8-6-5-7-17(18)23-15-11-9-14(2)10-12-15/h5-13,23H,4H2,1-3H3,(H,22,24,25). The maximum Gasteiger partial charge on any atom is 0.343 e. The second kappa shape index (κ2) is 9.23. The molecule has 1 heterocycles. The Morgan fingerprint density at radius 3 is 2.39 bits per heavy atom. The van der Waals surface area contributed by atoms with Crippen LogP contribution in [0.25, 0.3) is 0 Å². The largest absolute Gasteiger partial charge is 0.462 e. The molecule has 0 aliphatic rings. The van der Waals surface area contributed by atoms with E-state index in [9.17, 15) is 4.79 Å². The first-order valence-electron chi connectivity index (χ1n) is 8.88. The molecule has 0 aliphatic carbocycles. The molecular weight excluding hydrogens is 372 g/mol. The van der Waals surface area contributed by atoms with Crippen LogP contribution in [0.1, 0.15) is 22.8 Å². The first-order valence-corrected chi connectivity index (χ1v) is 10.1. The monoisotopic (exact) mass is 394 g/mol. The lowest BCUT2D eigenvalue weighted by Gasteiger charge is -2.15. The topological polar surface area (TPSA) is 76.1 Å². The van der Waals surface area contributed by atoms with E-state index in [1.54, 1.807) is 6.92 Å². The molecule has 0 saturated heterocycles. The van der Waals surface area contributed by atoms with E-state index in [4.69, 9.17) is 4.74 Å². The van der Waals surface area contributed by atoms with Crippen LogP contribution >= 0.6 is 11.8 Å². The van der Waals surface area contributed by atoms with Gasteiger partial charge >= 0.3 is 5.97 Å². The summed E-state index contributed by atoms with van der Waals surface area (Å²) in [5.74, 6) is -0.0439. The first kappa shape index (κ1) is 19.7. The Hall–Kier alpha value is -3.06. The van der Waals surface area contributed by atoms with E-state index in [0.717, 1.165) is 17.1 Å². The SMILES string of the molecule is CCOC(=O)c1cnc(SC)nc1Nc1ccccc1Nc1ccc(C)cc1. The van der Waals surface area contributed by atoms with Gasteiger partial charge in [-0.1, -0.05) is 41.6 Å². The van der Waals surface area contributed by atoms with Crippen molar-refractivity contribution >= 4 is 40.6 Å². The maximum atomic E-state index is 12.3. The van der Waals surface area contributed by atoms with Crippen molar-refractivity contribution in [1.29, 1.82) is 0 Å². The highest BCUT2D eigenvalue weighted by atomic mass is 32.2. The van der Waals surface area contributed by atoms with E-state index in [1.807, 2.05) is 54.8 Å². The number of nitrogens with zero attached hydrogens (tertiary/aromatic N) is 2. The number of ether oxygens (including phenoxy) is 1. The summed E-state index contributed by atoms with van der Waals surface area (Å²) in [7, 11) is 0. The zero-order valence-corrected chi connectivity index (χ0v) is 16.8. The fraction of sp³-hybridized carbons (Fsp3) is 0.190. The lowest BCUT2D eigenvalue weighted by molar-refractivity contribution is 0.0526. The molecule has 0 amide bonds. The van der Waals surface area contributed by atoms with Gasteiger partial charge in [0.25, 0.3) is 0 Å². The van der Waals surface area contributed by atoms with Gasteiger partial charge in [-0.25, -0.2) is 14.8 Å². The van der Waals surface area contributed by atoms with Crippen molar-refractivity contribution in [2.45, 2.75) is 19.0 Å². The van der Waals surface area contributed by atoms with E-state index in [0.29, 0.717) is 16.5 Å². The predicted molar refractivity (Wildman–Crippen MR) is 114 cm³/mol. The van der Waals surface area contributed by atoms with Crippen LogP contribution in [-0.4, -0.2) is 28.8 Å². The van der Waals surface area contributed by atoms with Gasteiger partial charge in [0.15, 0.2) is 5.16 Å². The number of rotatable bonds is 7.